The van der Waals surface area contributed by atoms with E-state index in [-0.39, 0.29) is 5.41 Å². The highest BCUT2D eigenvalue weighted by Gasteiger charge is 2.46. The Bertz CT molecular complexity index is 3240. The zero-order chi connectivity index (χ0) is 40.0. The quantitative estimate of drug-likeness (QED) is 0.168. The van der Waals surface area contributed by atoms with Crippen molar-refractivity contribution in [3.63, 3.8) is 0 Å². The van der Waals surface area contributed by atoms with Gasteiger partial charge in [-0.3, -0.25) is 0 Å². The van der Waals surface area contributed by atoms with Crippen molar-refractivity contribution in [3.8, 4) is 33.4 Å². The molecule has 0 unspecified atom stereocenters. The molecule has 0 aliphatic heterocycles. The van der Waals surface area contributed by atoms with Crippen LogP contribution in [0.2, 0.25) is 0 Å². The van der Waals surface area contributed by atoms with Gasteiger partial charge in [0.25, 0.3) is 0 Å². The van der Waals surface area contributed by atoms with E-state index in [0.29, 0.717) is 0 Å². The first-order chi connectivity index (χ1) is 29.5. The molecule has 1 heterocycles. The Morgan fingerprint density at radius 1 is 0.383 bits per heavy atom. The minimum Gasteiger partial charge on any atom is -0.456 e. The molecule has 0 saturated carbocycles. The zero-order valence-corrected chi connectivity index (χ0v) is 33.6. The van der Waals surface area contributed by atoms with Crippen molar-refractivity contribution < 1.29 is 4.42 Å². The van der Waals surface area contributed by atoms with Gasteiger partial charge < -0.3 is 9.32 Å². The van der Waals surface area contributed by atoms with E-state index in [9.17, 15) is 0 Å². The second-order valence-corrected chi connectivity index (χ2v) is 16.8. The molecule has 0 radical (unpaired) electrons. The maximum absolute atomic E-state index is 6.97. The molecular formula is C58H41NO. The SMILES string of the molecule is CC1(C)c2ccccc2-c2ccc(N(c3ccc(-c4ccccc4)cc3)c3cccc4oc5cc(C6(c7ccccc7)c7ccccc7-c7ccccc76)ccc5c34)cc21. The molecule has 9 aromatic carbocycles. The van der Waals surface area contributed by atoms with Gasteiger partial charge in [-0.05, 0) is 109 Å². The van der Waals surface area contributed by atoms with E-state index in [2.05, 4.69) is 231 Å². The van der Waals surface area contributed by atoms with Gasteiger partial charge in [0.1, 0.15) is 11.2 Å². The van der Waals surface area contributed by atoms with Crippen LogP contribution < -0.4 is 4.90 Å². The van der Waals surface area contributed by atoms with Gasteiger partial charge in [-0.2, -0.15) is 0 Å². The summed E-state index contributed by atoms with van der Waals surface area (Å²) in [5, 5.41) is 2.18. The molecule has 284 valence electrons. The van der Waals surface area contributed by atoms with E-state index in [1.54, 1.807) is 0 Å². The fourth-order valence-electron chi connectivity index (χ4n) is 10.6. The van der Waals surface area contributed by atoms with Gasteiger partial charge in [-0.1, -0.05) is 184 Å². The van der Waals surface area contributed by atoms with Crippen LogP contribution in [0.25, 0.3) is 55.3 Å². The first kappa shape index (κ1) is 34.6. The van der Waals surface area contributed by atoms with Crippen LogP contribution in [0.4, 0.5) is 17.1 Å². The highest BCUT2D eigenvalue weighted by molar-refractivity contribution is 6.13. The average Bonchev–Trinajstić information content (AvgIpc) is 3.91. The fourth-order valence-corrected chi connectivity index (χ4v) is 10.6. The third-order valence-corrected chi connectivity index (χ3v) is 13.4. The van der Waals surface area contributed by atoms with Gasteiger partial charge in [0.05, 0.1) is 16.5 Å². The minimum atomic E-state index is -0.508. The van der Waals surface area contributed by atoms with Gasteiger partial charge in [0, 0.05) is 22.2 Å². The Kier molecular flexibility index (Phi) is 7.52. The number of benzene rings is 9. The summed E-state index contributed by atoms with van der Waals surface area (Å²) in [7, 11) is 0. The molecule has 2 heteroatoms. The fraction of sp³-hybridized carbons (Fsp3) is 0.0690. The van der Waals surface area contributed by atoms with Gasteiger partial charge in [0.2, 0.25) is 0 Å². The van der Waals surface area contributed by atoms with E-state index >= 15 is 0 Å². The summed E-state index contributed by atoms with van der Waals surface area (Å²) < 4.78 is 6.97. The molecule has 0 atom stereocenters. The van der Waals surface area contributed by atoms with E-state index in [4.69, 9.17) is 4.42 Å². The van der Waals surface area contributed by atoms with Crippen LogP contribution in [-0.4, -0.2) is 0 Å². The Morgan fingerprint density at radius 3 is 1.65 bits per heavy atom. The molecule has 12 rings (SSSR count). The lowest BCUT2D eigenvalue weighted by Gasteiger charge is -2.33. The van der Waals surface area contributed by atoms with Crippen molar-refractivity contribution in [2.45, 2.75) is 24.7 Å². The van der Waals surface area contributed by atoms with Crippen LogP contribution >= 0.6 is 0 Å². The number of nitrogens with zero attached hydrogens (tertiary/aromatic N) is 1. The third kappa shape index (κ3) is 4.88. The summed E-state index contributed by atoms with van der Waals surface area (Å²) in [6.07, 6.45) is 0. The molecule has 0 fully saturated rings. The number of anilines is 3. The second-order valence-electron chi connectivity index (χ2n) is 16.8. The molecule has 0 bridgehead atoms. The average molecular weight is 768 g/mol. The predicted octanol–water partition coefficient (Wildman–Crippen LogP) is 15.4. The first-order valence-corrected chi connectivity index (χ1v) is 20.9. The normalized spacial score (nSPS) is 14.1. The van der Waals surface area contributed by atoms with Crippen LogP contribution in [-0.2, 0) is 10.8 Å². The molecular weight excluding hydrogens is 727 g/mol. The lowest BCUT2D eigenvalue weighted by atomic mass is 9.67. The Hall–Kier alpha value is -7.42. The number of rotatable bonds is 6. The van der Waals surface area contributed by atoms with E-state index in [0.717, 1.165) is 39.0 Å². The highest BCUT2D eigenvalue weighted by atomic mass is 16.3. The van der Waals surface area contributed by atoms with Crippen molar-refractivity contribution in [3.05, 3.63) is 246 Å². The molecule has 0 saturated heterocycles. The summed E-state index contributed by atoms with van der Waals surface area (Å²) in [6.45, 7) is 4.71. The van der Waals surface area contributed by atoms with Crippen molar-refractivity contribution in [2.24, 2.45) is 0 Å². The van der Waals surface area contributed by atoms with E-state index in [1.165, 1.54) is 66.8 Å². The Balaban J connectivity index is 1.07. The summed E-state index contributed by atoms with van der Waals surface area (Å²) in [6, 6.07) is 77.7. The third-order valence-electron chi connectivity index (χ3n) is 13.4. The molecule has 2 aliphatic carbocycles. The number of furan rings is 1. The van der Waals surface area contributed by atoms with Crippen molar-refractivity contribution in [1.29, 1.82) is 0 Å². The van der Waals surface area contributed by atoms with Gasteiger partial charge in [-0.25, -0.2) is 0 Å². The number of fused-ring (bicyclic) bond motifs is 9. The monoisotopic (exact) mass is 767 g/mol. The van der Waals surface area contributed by atoms with Crippen molar-refractivity contribution in [2.75, 3.05) is 4.90 Å². The molecule has 2 nitrogen and oxygen atoms in total. The molecule has 0 N–H and O–H groups in total. The van der Waals surface area contributed by atoms with Crippen LogP contribution in [0.1, 0.15) is 47.2 Å². The second kappa shape index (κ2) is 13.0. The van der Waals surface area contributed by atoms with Crippen LogP contribution in [0.15, 0.2) is 217 Å². The van der Waals surface area contributed by atoms with Crippen LogP contribution in [0.5, 0.6) is 0 Å². The van der Waals surface area contributed by atoms with Gasteiger partial charge in [-0.15, -0.1) is 0 Å². The standard InChI is InChI=1S/C58H41NO/c1-57(2)49-23-12-9-20-44(49)47-35-33-43(37-52(47)57)59(42-31-28-39(29-32-42)38-16-5-3-6-17-38)53-26-15-27-54-56(53)48-34-30-41(36-55(48)60-54)58(40-18-7-4-8-19-40)50-24-13-10-21-45(50)46-22-11-14-25-51(46)58/h3-37H,1-2H3. The predicted molar refractivity (Wildman–Crippen MR) is 249 cm³/mol. The van der Waals surface area contributed by atoms with Gasteiger partial charge >= 0.3 is 0 Å². The first-order valence-electron chi connectivity index (χ1n) is 20.9. The molecule has 0 amide bonds. The smallest absolute Gasteiger partial charge is 0.137 e. The maximum Gasteiger partial charge on any atom is 0.137 e. The molecule has 2 aliphatic rings. The summed E-state index contributed by atoms with van der Waals surface area (Å²) in [4.78, 5) is 2.42. The van der Waals surface area contributed by atoms with Gasteiger partial charge in [0.15, 0.2) is 0 Å². The minimum absolute atomic E-state index is 0.137. The molecule has 60 heavy (non-hydrogen) atoms. The zero-order valence-electron chi connectivity index (χ0n) is 33.6. The topological polar surface area (TPSA) is 16.4 Å². The number of hydrogen-bond donors (Lipinski definition) is 0. The Morgan fingerprint density at radius 2 is 0.950 bits per heavy atom. The largest absolute Gasteiger partial charge is 0.456 e. The molecule has 0 spiro atoms. The van der Waals surface area contributed by atoms with Crippen molar-refractivity contribution >= 4 is 39.0 Å². The van der Waals surface area contributed by atoms with Crippen LogP contribution in [0.3, 0.4) is 0 Å². The summed E-state index contributed by atoms with van der Waals surface area (Å²) in [5.41, 5.74) is 19.7. The van der Waals surface area contributed by atoms with Crippen molar-refractivity contribution in [1.82, 2.24) is 0 Å². The van der Waals surface area contributed by atoms with E-state index < -0.39 is 5.41 Å². The lowest BCUT2D eigenvalue weighted by molar-refractivity contribution is 0.660. The molecule has 10 aromatic rings. The van der Waals surface area contributed by atoms with Crippen LogP contribution in [0, 0.1) is 0 Å². The highest BCUT2D eigenvalue weighted by Crippen LogP contribution is 2.57. The van der Waals surface area contributed by atoms with E-state index in [1.807, 2.05) is 0 Å². The number of hydrogen-bond acceptors (Lipinski definition) is 2. The summed E-state index contributed by atoms with van der Waals surface area (Å²) >= 11 is 0. The summed E-state index contributed by atoms with van der Waals surface area (Å²) in [5.74, 6) is 0. The maximum atomic E-state index is 6.97. The Labute approximate surface area is 350 Å². The lowest BCUT2D eigenvalue weighted by Crippen LogP contribution is -2.28. The molecule has 1 aromatic heterocycles.